The molecule has 0 saturated heterocycles. The summed E-state index contributed by atoms with van der Waals surface area (Å²) in [5.41, 5.74) is 2.62. The number of aromatic nitrogens is 1. The molecule has 0 unspecified atom stereocenters. The summed E-state index contributed by atoms with van der Waals surface area (Å²) in [6.07, 6.45) is 4.05. The van der Waals surface area contributed by atoms with Crippen LogP contribution < -0.4 is 0 Å². The topological polar surface area (TPSA) is 56.8 Å². The molecular formula is C14H20N4O2. The van der Waals surface area contributed by atoms with Crippen molar-refractivity contribution in [2.24, 2.45) is 0 Å². The Labute approximate surface area is 119 Å². The molecule has 20 heavy (non-hydrogen) atoms. The zero-order chi connectivity index (χ0) is 14.9. The third kappa shape index (κ3) is 2.59. The first-order valence-electron chi connectivity index (χ1n) is 6.55. The van der Waals surface area contributed by atoms with Crippen LogP contribution in [-0.4, -0.2) is 66.4 Å². The normalized spacial score (nSPS) is 13.7. The molecule has 1 aromatic heterocycles. The van der Waals surface area contributed by atoms with Crippen LogP contribution in [0.3, 0.4) is 0 Å². The fourth-order valence-corrected chi connectivity index (χ4v) is 2.36. The summed E-state index contributed by atoms with van der Waals surface area (Å²) in [6.45, 7) is 1.13. The van der Waals surface area contributed by atoms with E-state index >= 15 is 0 Å². The number of carbonyl (C=O) groups is 2. The maximum Gasteiger partial charge on any atom is 0.319 e. The average Bonchev–Trinajstić information content (AvgIpc) is 2.44. The lowest BCUT2D eigenvalue weighted by atomic mass is 9.96. The summed E-state index contributed by atoms with van der Waals surface area (Å²) >= 11 is 0. The molecule has 0 N–H and O–H groups in total. The Balaban J connectivity index is 2.29. The Morgan fingerprint density at radius 2 is 1.85 bits per heavy atom. The molecule has 0 saturated carbocycles. The number of hydrogen-bond acceptors (Lipinski definition) is 3. The van der Waals surface area contributed by atoms with Crippen molar-refractivity contribution in [2.45, 2.75) is 13.0 Å². The minimum Gasteiger partial charge on any atom is -0.345 e. The standard InChI is InChI=1S/C14H20N4O2/c1-16(2)13(19)12-8-15-7-10-9-18(6-5-11(10)12)14(20)17(3)4/h7-8H,5-6,9H2,1-4H3. The minimum absolute atomic E-state index is 0.0139. The maximum absolute atomic E-state index is 12.1. The van der Waals surface area contributed by atoms with Crippen LogP contribution in [-0.2, 0) is 13.0 Å². The Bertz CT molecular complexity index is 540. The van der Waals surface area contributed by atoms with Crippen LogP contribution in [0.25, 0.3) is 0 Å². The highest BCUT2D eigenvalue weighted by atomic mass is 16.2. The number of rotatable bonds is 1. The molecule has 6 nitrogen and oxygen atoms in total. The first-order valence-corrected chi connectivity index (χ1v) is 6.55. The van der Waals surface area contributed by atoms with E-state index in [1.165, 1.54) is 0 Å². The van der Waals surface area contributed by atoms with Crippen LogP contribution >= 0.6 is 0 Å². The van der Waals surface area contributed by atoms with Crippen molar-refractivity contribution in [1.29, 1.82) is 0 Å². The number of nitrogens with zero attached hydrogens (tertiary/aromatic N) is 4. The van der Waals surface area contributed by atoms with Crippen LogP contribution in [0.2, 0.25) is 0 Å². The molecule has 1 aliphatic heterocycles. The van der Waals surface area contributed by atoms with Crippen molar-refractivity contribution in [3.05, 3.63) is 29.1 Å². The van der Waals surface area contributed by atoms with Crippen molar-refractivity contribution in [3.63, 3.8) is 0 Å². The van der Waals surface area contributed by atoms with Crippen LogP contribution in [0.15, 0.2) is 12.4 Å². The predicted molar refractivity (Wildman–Crippen MR) is 75.5 cm³/mol. The molecule has 0 fully saturated rings. The number of fused-ring (bicyclic) bond motifs is 1. The summed E-state index contributed by atoms with van der Waals surface area (Å²) in [6, 6.07) is -0.0139. The van der Waals surface area contributed by atoms with Crippen LogP contribution in [0, 0.1) is 0 Å². The first-order chi connectivity index (χ1) is 9.41. The number of hydrogen-bond donors (Lipinski definition) is 0. The van der Waals surface area contributed by atoms with Gasteiger partial charge < -0.3 is 14.7 Å². The molecule has 0 aliphatic carbocycles. The molecule has 1 aromatic rings. The van der Waals surface area contributed by atoms with E-state index in [9.17, 15) is 9.59 Å². The van der Waals surface area contributed by atoms with E-state index in [1.807, 2.05) is 0 Å². The van der Waals surface area contributed by atoms with Gasteiger partial charge in [-0.1, -0.05) is 0 Å². The molecule has 108 valence electrons. The third-order valence-corrected chi connectivity index (χ3v) is 3.43. The quantitative estimate of drug-likeness (QED) is 0.763. The van der Waals surface area contributed by atoms with Crippen LogP contribution in [0.1, 0.15) is 21.5 Å². The molecule has 0 radical (unpaired) electrons. The van der Waals surface area contributed by atoms with Gasteiger partial charge in [0.15, 0.2) is 0 Å². The molecule has 2 rings (SSSR count). The lowest BCUT2D eigenvalue weighted by molar-refractivity contribution is 0.0825. The zero-order valence-corrected chi connectivity index (χ0v) is 12.4. The lowest BCUT2D eigenvalue weighted by Crippen LogP contribution is -2.42. The molecule has 0 bridgehead atoms. The molecule has 0 aromatic carbocycles. The van der Waals surface area contributed by atoms with Gasteiger partial charge in [0.05, 0.1) is 5.56 Å². The summed E-state index contributed by atoms with van der Waals surface area (Å²) in [5, 5.41) is 0. The smallest absolute Gasteiger partial charge is 0.319 e. The molecule has 3 amide bonds. The van der Waals surface area contributed by atoms with E-state index < -0.39 is 0 Å². The van der Waals surface area contributed by atoms with Gasteiger partial charge in [-0.2, -0.15) is 0 Å². The highest BCUT2D eigenvalue weighted by Crippen LogP contribution is 2.22. The van der Waals surface area contributed by atoms with Gasteiger partial charge in [0.1, 0.15) is 0 Å². The second kappa shape index (κ2) is 5.48. The predicted octanol–water partition coefficient (Wildman–Crippen LogP) is 0.823. The van der Waals surface area contributed by atoms with Gasteiger partial charge >= 0.3 is 6.03 Å². The maximum atomic E-state index is 12.1. The van der Waals surface area contributed by atoms with Crippen molar-refractivity contribution < 1.29 is 9.59 Å². The summed E-state index contributed by atoms with van der Waals surface area (Å²) < 4.78 is 0. The van der Waals surface area contributed by atoms with Gasteiger partial charge in [-0.05, 0) is 17.5 Å². The molecule has 0 atom stereocenters. The summed E-state index contributed by atoms with van der Waals surface area (Å²) in [7, 11) is 6.93. The highest BCUT2D eigenvalue weighted by molar-refractivity contribution is 5.95. The molecule has 2 heterocycles. The van der Waals surface area contributed by atoms with Gasteiger partial charge in [0.2, 0.25) is 0 Å². The van der Waals surface area contributed by atoms with Crippen molar-refractivity contribution in [1.82, 2.24) is 19.7 Å². The van der Waals surface area contributed by atoms with E-state index in [1.54, 1.807) is 55.3 Å². The second-order valence-corrected chi connectivity index (χ2v) is 5.37. The van der Waals surface area contributed by atoms with Crippen molar-refractivity contribution in [2.75, 3.05) is 34.7 Å². The minimum atomic E-state index is -0.0401. The lowest BCUT2D eigenvalue weighted by Gasteiger charge is -2.31. The van der Waals surface area contributed by atoms with E-state index in [0.717, 1.165) is 11.1 Å². The highest BCUT2D eigenvalue weighted by Gasteiger charge is 2.25. The van der Waals surface area contributed by atoms with Gasteiger partial charge in [0, 0.05) is 53.7 Å². The average molecular weight is 276 g/mol. The largest absolute Gasteiger partial charge is 0.345 e. The second-order valence-electron chi connectivity index (χ2n) is 5.37. The Morgan fingerprint density at radius 3 is 2.45 bits per heavy atom. The third-order valence-electron chi connectivity index (χ3n) is 3.43. The number of pyridine rings is 1. The van der Waals surface area contributed by atoms with Crippen molar-refractivity contribution in [3.8, 4) is 0 Å². The van der Waals surface area contributed by atoms with Gasteiger partial charge in [-0.3, -0.25) is 9.78 Å². The van der Waals surface area contributed by atoms with E-state index in [0.29, 0.717) is 25.1 Å². The van der Waals surface area contributed by atoms with Crippen molar-refractivity contribution >= 4 is 11.9 Å². The molecule has 6 heteroatoms. The Morgan fingerprint density at radius 1 is 1.15 bits per heavy atom. The van der Waals surface area contributed by atoms with Gasteiger partial charge in [-0.15, -0.1) is 0 Å². The molecular weight excluding hydrogens is 256 g/mol. The van der Waals surface area contributed by atoms with Crippen LogP contribution in [0.4, 0.5) is 4.79 Å². The van der Waals surface area contributed by atoms with Gasteiger partial charge in [0.25, 0.3) is 5.91 Å². The SMILES string of the molecule is CN(C)C(=O)c1cncc2c1CCN(C(=O)N(C)C)C2. The fraction of sp³-hybridized carbons (Fsp3) is 0.500. The van der Waals surface area contributed by atoms with Gasteiger partial charge in [-0.25, -0.2) is 4.79 Å². The van der Waals surface area contributed by atoms with Crippen LogP contribution in [0.5, 0.6) is 0 Å². The summed E-state index contributed by atoms with van der Waals surface area (Å²) in [4.78, 5) is 33.2. The molecule has 0 spiro atoms. The Hall–Kier alpha value is -2.11. The number of urea groups is 1. The van der Waals surface area contributed by atoms with E-state index in [4.69, 9.17) is 0 Å². The first kappa shape index (κ1) is 14.3. The van der Waals surface area contributed by atoms with E-state index in [-0.39, 0.29) is 11.9 Å². The van der Waals surface area contributed by atoms with E-state index in [2.05, 4.69) is 4.98 Å². The number of amides is 3. The zero-order valence-electron chi connectivity index (χ0n) is 12.4. The number of carbonyl (C=O) groups excluding carboxylic acids is 2. The fourth-order valence-electron chi connectivity index (χ4n) is 2.36. The monoisotopic (exact) mass is 276 g/mol. The Kier molecular flexibility index (Phi) is 3.92. The molecule has 1 aliphatic rings. The summed E-state index contributed by atoms with van der Waals surface area (Å²) in [5.74, 6) is -0.0401.